The third kappa shape index (κ3) is 15.0. The molecule has 33 heavy (non-hydrogen) atoms. The van der Waals surface area contributed by atoms with Crippen LogP contribution < -0.4 is 10.0 Å². The maximum absolute atomic E-state index is 12.6. The monoisotopic (exact) mass is 490 g/mol. The highest BCUT2D eigenvalue weighted by atomic mass is 32.2. The van der Waals surface area contributed by atoms with E-state index in [0.717, 1.165) is 19.3 Å². The Kier molecular flexibility index (Phi) is 16.3. The van der Waals surface area contributed by atoms with Crippen molar-refractivity contribution < 1.29 is 23.1 Å². The van der Waals surface area contributed by atoms with Gasteiger partial charge in [0.05, 0.1) is 18.4 Å². The molecule has 3 N–H and O–H groups in total. The minimum atomic E-state index is -3.54. The summed E-state index contributed by atoms with van der Waals surface area (Å²) in [7, 11) is -3.54. The summed E-state index contributed by atoms with van der Waals surface area (Å²) in [6.45, 7) is 6.53. The molecule has 1 aliphatic rings. The molecule has 7 nitrogen and oxygen atoms in total. The van der Waals surface area contributed by atoms with Gasteiger partial charge in [0.15, 0.2) is 6.29 Å². The summed E-state index contributed by atoms with van der Waals surface area (Å²) in [5.74, 6) is -0.196. The van der Waals surface area contributed by atoms with Crippen LogP contribution in [0.1, 0.15) is 117 Å². The summed E-state index contributed by atoms with van der Waals surface area (Å²) < 4.78 is 32.8. The van der Waals surface area contributed by atoms with Crippen molar-refractivity contribution in [1.29, 1.82) is 0 Å². The standard InChI is InChI=1S/C25H50N2O5S/c1-4-5-6-7-8-9-10-11-12-13-14-15-16-19-33(30,31)27-23(20-21(2)3)24(28)26-22-17-18-32-25(22)29/h21-23,25,27,29H,4-20H2,1-3H3,(H,26,28)/t22-,23-,25?/m0/s1. The van der Waals surface area contributed by atoms with Crippen LogP contribution >= 0.6 is 0 Å². The molecule has 0 saturated carbocycles. The number of amides is 1. The first-order valence-electron chi connectivity index (χ1n) is 13.3. The summed E-state index contributed by atoms with van der Waals surface area (Å²) >= 11 is 0. The Labute approximate surface area is 202 Å². The first-order chi connectivity index (χ1) is 15.7. The van der Waals surface area contributed by atoms with Crippen LogP contribution in [0.5, 0.6) is 0 Å². The van der Waals surface area contributed by atoms with E-state index < -0.39 is 34.3 Å². The second-order valence-corrected chi connectivity index (χ2v) is 11.9. The lowest BCUT2D eigenvalue weighted by Gasteiger charge is -2.23. The minimum absolute atomic E-state index is 0.0435. The Bertz CT molecular complexity index is 612. The molecule has 0 bridgehead atoms. The molecule has 1 aliphatic heterocycles. The molecule has 1 rings (SSSR count). The second kappa shape index (κ2) is 17.7. The van der Waals surface area contributed by atoms with Crippen LogP contribution in [0.25, 0.3) is 0 Å². The van der Waals surface area contributed by atoms with Crippen LogP contribution in [0.4, 0.5) is 0 Å². The van der Waals surface area contributed by atoms with Gasteiger partial charge in [0, 0.05) is 0 Å². The normalized spacial score (nSPS) is 19.8. The van der Waals surface area contributed by atoms with Gasteiger partial charge in [-0.2, -0.15) is 0 Å². The summed E-state index contributed by atoms with van der Waals surface area (Å²) in [6.07, 6.45) is 15.5. The predicted octanol–water partition coefficient (Wildman–Crippen LogP) is 4.64. The number of carbonyl (C=O) groups excluding carboxylic acids is 1. The van der Waals surface area contributed by atoms with Gasteiger partial charge < -0.3 is 15.2 Å². The quantitative estimate of drug-likeness (QED) is 0.216. The van der Waals surface area contributed by atoms with Gasteiger partial charge in [-0.3, -0.25) is 4.79 Å². The molecule has 1 fully saturated rings. The number of aliphatic hydroxyl groups excluding tert-OH is 1. The van der Waals surface area contributed by atoms with Crippen LogP contribution in [0, 0.1) is 5.92 Å². The Hall–Kier alpha value is -0.700. The van der Waals surface area contributed by atoms with E-state index in [1.165, 1.54) is 57.8 Å². The predicted molar refractivity (Wildman–Crippen MR) is 134 cm³/mol. The van der Waals surface area contributed by atoms with E-state index in [4.69, 9.17) is 4.74 Å². The summed E-state index contributed by atoms with van der Waals surface area (Å²) in [4.78, 5) is 12.6. The van der Waals surface area contributed by atoms with Crippen molar-refractivity contribution in [3.63, 3.8) is 0 Å². The van der Waals surface area contributed by atoms with E-state index in [0.29, 0.717) is 25.9 Å². The molecule has 0 aromatic carbocycles. The molecule has 1 unspecified atom stereocenters. The number of hydrogen-bond acceptors (Lipinski definition) is 5. The maximum Gasteiger partial charge on any atom is 0.238 e. The fourth-order valence-electron chi connectivity index (χ4n) is 4.27. The highest BCUT2D eigenvalue weighted by molar-refractivity contribution is 7.89. The van der Waals surface area contributed by atoms with Crippen molar-refractivity contribution in [3.05, 3.63) is 0 Å². The van der Waals surface area contributed by atoms with Gasteiger partial charge in [-0.05, 0) is 25.2 Å². The van der Waals surface area contributed by atoms with E-state index in [1.54, 1.807) is 0 Å². The molecular weight excluding hydrogens is 440 g/mol. The molecule has 3 atom stereocenters. The van der Waals surface area contributed by atoms with Crippen molar-refractivity contribution in [2.45, 2.75) is 135 Å². The molecule has 8 heteroatoms. The zero-order chi connectivity index (χ0) is 24.5. The van der Waals surface area contributed by atoms with Crippen LogP contribution in [-0.2, 0) is 19.6 Å². The van der Waals surface area contributed by atoms with E-state index >= 15 is 0 Å². The molecular formula is C25H50N2O5S. The van der Waals surface area contributed by atoms with E-state index in [1.807, 2.05) is 13.8 Å². The fraction of sp³-hybridized carbons (Fsp3) is 0.960. The maximum atomic E-state index is 12.6. The lowest BCUT2D eigenvalue weighted by atomic mass is 10.0. The first kappa shape index (κ1) is 30.3. The number of rotatable bonds is 20. The van der Waals surface area contributed by atoms with Crippen LogP contribution in [-0.4, -0.2) is 50.2 Å². The van der Waals surface area contributed by atoms with Crippen LogP contribution in [0.2, 0.25) is 0 Å². The fourth-order valence-corrected chi connectivity index (χ4v) is 5.61. The Morgan fingerprint density at radius 3 is 1.91 bits per heavy atom. The molecule has 196 valence electrons. The summed E-state index contributed by atoms with van der Waals surface area (Å²) in [5.41, 5.74) is 0. The number of carbonyl (C=O) groups is 1. The zero-order valence-electron chi connectivity index (χ0n) is 21.3. The molecule has 0 aliphatic carbocycles. The Morgan fingerprint density at radius 2 is 1.45 bits per heavy atom. The summed E-state index contributed by atoms with van der Waals surface area (Å²) in [5, 5.41) is 12.5. The number of ether oxygens (including phenoxy) is 1. The van der Waals surface area contributed by atoms with Crippen molar-refractivity contribution in [3.8, 4) is 0 Å². The van der Waals surface area contributed by atoms with Gasteiger partial charge in [0.25, 0.3) is 0 Å². The third-order valence-corrected chi connectivity index (χ3v) is 7.72. The van der Waals surface area contributed by atoms with E-state index in [2.05, 4.69) is 17.0 Å². The second-order valence-electron chi connectivity index (χ2n) is 10.0. The van der Waals surface area contributed by atoms with Crippen molar-refractivity contribution in [2.24, 2.45) is 5.92 Å². The lowest BCUT2D eigenvalue weighted by molar-refractivity contribution is -0.127. The Morgan fingerprint density at radius 1 is 0.939 bits per heavy atom. The number of nitrogens with one attached hydrogen (secondary N) is 2. The number of unbranched alkanes of at least 4 members (excludes halogenated alkanes) is 12. The van der Waals surface area contributed by atoms with Crippen molar-refractivity contribution >= 4 is 15.9 Å². The molecule has 0 radical (unpaired) electrons. The SMILES string of the molecule is CCCCCCCCCCCCCCCS(=O)(=O)N[C@@H](CC(C)C)C(=O)N[C@H]1CCOC1O. The van der Waals surface area contributed by atoms with Crippen LogP contribution in [0.3, 0.4) is 0 Å². The number of sulfonamides is 1. The smallest absolute Gasteiger partial charge is 0.238 e. The average Bonchev–Trinajstić information content (AvgIpc) is 3.14. The van der Waals surface area contributed by atoms with Gasteiger partial charge in [-0.25, -0.2) is 13.1 Å². The average molecular weight is 491 g/mol. The number of aliphatic hydroxyl groups is 1. The third-order valence-electron chi connectivity index (χ3n) is 6.25. The first-order valence-corrected chi connectivity index (χ1v) is 15.0. The van der Waals surface area contributed by atoms with Gasteiger partial charge in [-0.1, -0.05) is 97.8 Å². The minimum Gasteiger partial charge on any atom is -0.366 e. The van der Waals surface area contributed by atoms with Crippen molar-refractivity contribution in [1.82, 2.24) is 10.0 Å². The summed E-state index contributed by atoms with van der Waals surface area (Å²) in [6, 6.07) is -1.32. The molecule has 0 aromatic heterocycles. The highest BCUT2D eigenvalue weighted by Crippen LogP contribution is 2.14. The zero-order valence-corrected chi connectivity index (χ0v) is 22.1. The topological polar surface area (TPSA) is 105 Å². The van der Waals surface area contributed by atoms with E-state index in [9.17, 15) is 18.3 Å². The van der Waals surface area contributed by atoms with Gasteiger partial charge in [-0.15, -0.1) is 0 Å². The molecule has 0 spiro atoms. The highest BCUT2D eigenvalue weighted by Gasteiger charge is 2.32. The van der Waals surface area contributed by atoms with Gasteiger partial charge in [0.2, 0.25) is 15.9 Å². The lowest BCUT2D eigenvalue weighted by Crippen LogP contribution is -2.52. The molecule has 1 saturated heterocycles. The van der Waals surface area contributed by atoms with E-state index in [-0.39, 0.29) is 11.7 Å². The van der Waals surface area contributed by atoms with Crippen molar-refractivity contribution in [2.75, 3.05) is 12.4 Å². The number of hydrogen-bond donors (Lipinski definition) is 3. The molecule has 1 heterocycles. The Balaban J connectivity index is 2.20. The molecule has 1 amide bonds. The molecule has 0 aromatic rings. The van der Waals surface area contributed by atoms with Gasteiger partial charge >= 0.3 is 0 Å². The van der Waals surface area contributed by atoms with Crippen LogP contribution in [0.15, 0.2) is 0 Å². The largest absolute Gasteiger partial charge is 0.366 e. The van der Waals surface area contributed by atoms with Gasteiger partial charge in [0.1, 0.15) is 6.04 Å².